The number of H-pyrrole nitrogens is 2. The molecule has 2 rings (SSSR count). The van der Waals surface area contributed by atoms with Crippen LogP contribution in [0.2, 0.25) is 0 Å². The third-order valence-electron chi connectivity index (χ3n) is 4.17. The average Bonchev–Trinajstić information content (AvgIpc) is 3.38. The minimum atomic E-state index is -1.13. The van der Waals surface area contributed by atoms with Gasteiger partial charge in [-0.25, -0.2) is 14.8 Å². The second-order valence-corrected chi connectivity index (χ2v) is 7.40. The van der Waals surface area contributed by atoms with Gasteiger partial charge in [-0.15, -0.1) is 0 Å². The van der Waals surface area contributed by atoms with E-state index in [0.717, 1.165) is 0 Å². The van der Waals surface area contributed by atoms with Crippen LogP contribution in [-0.2, 0) is 27.2 Å². The second kappa shape index (κ2) is 11.2. The van der Waals surface area contributed by atoms with E-state index in [-0.39, 0.29) is 19.3 Å². The van der Waals surface area contributed by atoms with Crippen LogP contribution in [0.5, 0.6) is 0 Å². The van der Waals surface area contributed by atoms with Crippen LogP contribution in [0.3, 0.4) is 0 Å². The summed E-state index contributed by atoms with van der Waals surface area (Å²) in [5, 5.41) is 14.5. The van der Waals surface area contributed by atoms with Crippen LogP contribution in [0.1, 0.15) is 17.8 Å². The van der Waals surface area contributed by atoms with Crippen LogP contribution in [0, 0.1) is 0 Å². The van der Waals surface area contributed by atoms with Gasteiger partial charge in [0.05, 0.1) is 18.7 Å². The molecule has 0 aliphatic heterocycles. The Kier molecular flexibility index (Phi) is 8.68. The fourth-order valence-corrected chi connectivity index (χ4v) is 3.07. The Bertz CT molecular complexity index is 782. The molecule has 2 aromatic rings. The predicted molar refractivity (Wildman–Crippen MR) is 107 cm³/mol. The number of amides is 2. The number of nitrogens with one attached hydrogen (secondary N) is 4. The lowest BCUT2D eigenvalue weighted by atomic mass is 10.1. The van der Waals surface area contributed by atoms with Crippen LogP contribution in [-0.4, -0.2) is 73.0 Å². The molecule has 2 aromatic heterocycles. The van der Waals surface area contributed by atoms with Gasteiger partial charge in [0, 0.05) is 36.6 Å². The molecule has 0 fully saturated rings. The number of hydrogen-bond acceptors (Lipinski definition) is 7. The highest BCUT2D eigenvalue weighted by atomic mass is 32.2. The van der Waals surface area contributed by atoms with Gasteiger partial charge in [0.1, 0.15) is 12.1 Å². The number of thioether (sulfide) groups is 1. The first-order chi connectivity index (χ1) is 13.9. The molecular weight excluding hydrogens is 398 g/mol. The van der Waals surface area contributed by atoms with Crippen molar-refractivity contribution in [1.82, 2.24) is 30.6 Å². The standard InChI is InChI=1S/C17H25N7O4S/c1-29-3-2-13(17(27)28)23-16(26)14(5-11-7-20-9-22-11)24-15(25)12(18)4-10-6-19-8-21-10/h6-9,12-14H,2-5,18H2,1H3,(H,19,21)(H,20,22)(H,23,26)(H,24,25)(H,27,28)/t12-,13-,14-/m0/s1. The van der Waals surface area contributed by atoms with Crippen molar-refractivity contribution in [2.45, 2.75) is 37.4 Å². The second-order valence-electron chi connectivity index (χ2n) is 6.41. The number of aromatic amines is 2. The van der Waals surface area contributed by atoms with Gasteiger partial charge in [-0.2, -0.15) is 11.8 Å². The number of carbonyl (C=O) groups is 3. The van der Waals surface area contributed by atoms with Gasteiger partial charge in [0.2, 0.25) is 11.8 Å². The lowest BCUT2D eigenvalue weighted by molar-refractivity contribution is -0.142. The molecule has 7 N–H and O–H groups in total. The van der Waals surface area contributed by atoms with Gasteiger partial charge >= 0.3 is 5.97 Å². The maximum absolute atomic E-state index is 12.7. The topological polar surface area (TPSA) is 179 Å². The predicted octanol–water partition coefficient (Wildman–Crippen LogP) is -0.947. The lowest BCUT2D eigenvalue weighted by Gasteiger charge is -2.22. The molecule has 0 spiro atoms. The van der Waals surface area contributed by atoms with Crippen LogP contribution < -0.4 is 16.4 Å². The number of nitrogens with two attached hydrogens (primary N) is 1. The van der Waals surface area contributed by atoms with Gasteiger partial charge in [-0.05, 0) is 18.4 Å². The molecule has 0 aliphatic carbocycles. The van der Waals surface area contributed by atoms with E-state index in [9.17, 15) is 19.5 Å². The molecule has 3 atom stereocenters. The highest BCUT2D eigenvalue weighted by Gasteiger charge is 2.28. The van der Waals surface area contributed by atoms with E-state index in [1.807, 2.05) is 6.26 Å². The number of imidazole rings is 2. The smallest absolute Gasteiger partial charge is 0.326 e. The quantitative estimate of drug-likeness (QED) is 0.253. The summed E-state index contributed by atoms with van der Waals surface area (Å²) in [7, 11) is 0. The number of nitrogens with zero attached hydrogens (tertiary/aromatic N) is 2. The Morgan fingerprint density at radius 1 is 1.07 bits per heavy atom. The van der Waals surface area contributed by atoms with Gasteiger partial charge in [-0.3, -0.25) is 9.59 Å². The summed E-state index contributed by atoms with van der Waals surface area (Å²) in [4.78, 5) is 50.2. The third kappa shape index (κ3) is 7.23. The minimum absolute atomic E-state index is 0.114. The Labute approximate surface area is 171 Å². The number of carboxylic acids is 1. The molecule has 0 saturated heterocycles. The summed E-state index contributed by atoms with van der Waals surface area (Å²) in [5.74, 6) is -1.69. The number of rotatable bonds is 12. The van der Waals surface area contributed by atoms with Gasteiger partial charge < -0.3 is 31.4 Å². The molecular formula is C17H25N7O4S. The molecule has 2 amide bonds. The Balaban J connectivity index is 2.05. The molecule has 11 nitrogen and oxygen atoms in total. The molecule has 0 radical (unpaired) electrons. The van der Waals surface area contributed by atoms with E-state index in [1.165, 1.54) is 30.6 Å². The summed E-state index contributed by atoms with van der Waals surface area (Å²) in [5.41, 5.74) is 7.24. The summed E-state index contributed by atoms with van der Waals surface area (Å²) in [6.07, 6.45) is 8.47. The van der Waals surface area contributed by atoms with Crippen molar-refractivity contribution in [3.05, 3.63) is 36.4 Å². The number of carboxylic acid groups (broad SMARTS) is 1. The Hall–Kier alpha value is -2.86. The van der Waals surface area contributed by atoms with Gasteiger partial charge in [0.25, 0.3) is 0 Å². The molecule has 0 aromatic carbocycles. The average molecular weight is 423 g/mol. The first-order valence-electron chi connectivity index (χ1n) is 8.93. The molecule has 158 valence electrons. The zero-order valence-electron chi connectivity index (χ0n) is 15.9. The molecule has 0 saturated carbocycles. The third-order valence-corrected chi connectivity index (χ3v) is 4.81. The Morgan fingerprint density at radius 2 is 1.66 bits per heavy atom. The zero-order valence-corrected chi connectivity index (χ0v) is 16.7. The Morgan fingerprint density at radius 3 is 2.17 bits per heavy atom. The first-order valence-corrected chi connectivity index (χ1v) is 10.3. The van der Waals surface area contributed by atoms with E-state index < -0.39 is 35.9 Å². The normalized spacial score (nSPS) is 14.0. The fourth-order valence-electron chi connectivity index (χ4n) is 2.60. The van der Waals surface area contributed by atoms with E-state index in [0.29, 0.717) is 17.1 Å². The van der Waals surface area contributed by atoms with Gasteiger partial charge in [0.15, 0.2) is 0 Å². The molecule has 29 heavy (non-hydrogen) atoms. The highest BCUT2D eigenvalue weighted by Crippen LogP contribution is 2.05. The van der Waals surface area contributed by atoms with Crippen molar-refractivity contribution in [3.63, 3.8) is 0 Å². The van der Waals surface area contributed by atoms with Gasteiger partial charge in [-0.1, -0.05) is 0 Å². The van der Waals surface area contributed by atoms with Crippen molar-refractivity contribution >= 4 is 29.5 Å². The summed E-state index contributed by atoms with van der Waals surface area (Å²) in [6.45, 7) is 0. The van der Waals surface area contributed by atoms with Crippen LogP contribution in [0.25, 0.3) is 0 Å². The molecule has 12 heteroatoms. The van der Waals surface area contributed by atoms with E-state index >= 15 is 0 Å². The minimum Gasteiger partial charge on any atom is -0.480 e. The lowest BCUT2D eigenvalue weighted by Crippen LogP contribution is -2.55. The number of aromatic nitrogens is 4. The maximum atomic E-state index is 12.7. The monoisotopic (exact) mass is 423 g/mol. The summed E-state index contributed by atoms with van der Waals surface area (Å²) < 4.78 is 0. The number of carbonyl (C=O) groups excluding carboxylic acids is 2. The first kappa shape index (κ1) is 22.4. The molecule has 2 heterocycles. The van der Waals surface area contributed by atoms with Crippen molar-refractivity contribution < 1.29 is 19.5 Å². The summed E-state index contributed by atoms with van der Waals surface area (Å²) in [6, 6.07) is -2.96. The number of aliphatic carboxylic acids is 1. The van der Waals surface area contributed by atoms with Crippen LogP contribution >= 0.6 is 11.8 Å². The molecule has 0 aliphatic rings. The van der Waals surface area contributed by atoms with Crippen molar-refractivity contribution in [2.75, 3.05) is 12.0 Å². The SMILES string of the molecule is CSCC[C@H](NC(=O)[C@H](Cc1cnc[nH]1)NC(=O)[C@@H](N)Cc1cnc[nH]1)C(=O)O. The van der Waals surface area contributed by atoms with E-state index in [4.69, 9.17) is 5.73 Å². The van der Waals surface area contributed by atoms with Crippen LogP contribution in [0.15, 0.2) is 25.0 Å². The molecule has 0 bridgehead atoms. The highest BCUT2D eigenvalue weighted by molar-refractivity contribution is 7.98. The van der Waals surface area contributed by atoms with Crippen molar-refractivity contribution in [3.8, 4) is 0 Å². The maximum Gasteiger partial charge on any atom is 0.326 e. The van der Waals surface area contributed by atoms with Crippen molar-refractivity contribution in [2.24, 2.45) is 5.73 Å². The van der Waals surface area contributed by atoms with E-state index in [2.05, 4.69) is 30.6 Å². The number of hydrogen-bond donors (Lipinski definition) is 6. The largest absolute Gasteiger partial charge is 0.480 e. The fraction of sp³-hybridized carbons (Fsp3) is 0.471. The van der Waals surface area contributed by atoms with Crippen LogP contribution in [0.4, 0.5) is 0 Å². The van der Waals surface area contributed by atoms with E-state index in [1.54, 1.807) is 6.20 Å². The summed E-state index contributed by atoms with van der Waals surface area (Å²) >= 11 is 1.48. The van der Waals surface area contributed by atoms with Crippen molar-refractivity contribution in [1.29, 1.82) is 0 Å². The molecule has 0 unspecified atom stereocenters. The zero-order chi connectivity index (χ0) is 21.2.